The summed E-state index contributed by atoms with van der Waals surface area (Å²) in [7, 11) is 1.71. The molecule has 1 unspecified atom stereocenters. The molecule has 1 heterocycles. The molecule has 6 heteroatoms. The van der Waals surface area contributed by atoms with E-state index in [1.165, 1.54) is 10.5 Å². The van der Waals surface area contributed by atoms with Gasteiger partial charge >= 0.3 is 0 Å². The smallest absolute Gasteiger partial charge is 0.119 e. The molecule has 27 heavy (non-hydrogen) atoms. The van der Waals surface area contributed by atoms with Crippen LogP contribution in [0.2, 0.25) is 10.0 Å². The summed E-state index contributed by atoms with van der Waals surface area (Å²) in [5.74, 6) is 2.09. The zero-order valence-electron chi connectivity index (χ0n) is 15.4. The molecule has 3 rings (SSSR count). The molecule has 0 spiro atoms. The number of aromatic nitrogens is 2. The number of halogens is 2. The van der Waals surface area contributed by atoms with Gasteiger partial charge in [0.25, 0.3) is 0 Å². The van der Waals surface area contributed by atoms with Crippen LogP contribution in [0.3, 0.4) is 0 Å². The van der Waals surface area contributed by atoms with Crippen LogP contribution in [0.4, 0.5) is 0 Å². The zero-order valence-corrected chi connectivity index (χ0v) is 17.7. The summed E-state index contributed by atoms with van der Waals surface area (Å²) in [6.45, 7) is 3.11. The molecule has 0 fully saturated rings. The highest BCUT2D eigenvalue weighted by Crippen LogP contribution is 2.36. The van der Waals surface area contributed by atoms with Gasteiger partial charge in [0, 0.05) is 35.5 Å². The van der Waals surface area contributed by atoms with Gasteiger partial charge in [0.05, 0.1) is 23.5 Å². The van der Waals surface area contributed by atoms with Crippen LogP contribution in [0, 0.1) is 0 Å². The Bertz CT molecular complexity index is 884. The summed E-state index contributed by atoms with van der Waals surface area (Å²) in [4.78, 5) is 5.42. The lowest BCUT2D eigenvalue weighted by atomic mass is 9.96. The van der Waals surface area contributed by atoms with E-state index >= 15 is 0 Å². The lowest BCUT2D eigenvalue weighted by Crippen LogP contribution is -2.08. The van der Waals surface area contributed by atoms with E-state index in [0.717, 1.165) is 30.0 Å². The first-order chi connectivity index (χ1) is 13.1. The highest BCUT2D eigenvalue weighted by atomic mass is 35.5. The van der Waals surface area contributed by atoms with Crippen molar-refractivity contribution >= 4 is 35.0 Å². The Morgan fingerprint density at radius 1 is 1.15 bits per heavy atom. The van der Waals surface area contributed by atoms with Crippen LogP contribution >= 0.6 is 35.0 Å². The van der Waals surface area contributed by atoms with Gasteiger partial charge in [-0.05, 0) is 47.9 Å². The van der Waals surface area contributed by atoms with E-state index in [1.807, 2.05) is 54.7 Å². The first-order valence-corrected chi connectivity index (χ1v) is 10.5. The summed E-state index contributed by atoms with van der Waals surface area (Å²) in [6, 6.07) is 12.1. The number of methoxy groups -OCH3 is 1. The van der Waals surface area contributed by atoms with E-state index in [4.69, 9.17) is 27.9 Å². The van der Waals surface area contributed by atoms with Crippen molar-refractivity contribution in [3.63, 3.8) is 0 Å². The van der Waals surface area contributed by atoms with Crippen LogP contribution < -0.4 is 4.74 Å². The third kappa shape index (κ3) is 5.22. The van der Waals surface area contributed by atoms with Gasteiger partial charge in [-0.25, -0.2) is 4.98 Å². The fourth-order valence-corrected chi connectivity index (χ4v) is 4.37. The van der Waals surface area contributed by atoms with Gasteiger partial charge in [-0.15, -0.1) is 11.8 Å². The Hall–Kier alpha value is -1.62. The Morgan fingerprint density at radius 2 is 2.00 bits per heavy atom. The van der Waals surface area contributed by atoms with E-state index in [0.29, 0.717) is 16.0 Å². The van der Waals surface area contributed by atoms with Crippen molar-refractivity contribution in [2.24, 2.45) is 0 Å². The van der Waals surface area contributed by atoms with Crippen LogP contribution in [0.25, 0.3) is 0 Å². The van der Waals surface area contributed by atoms with Crippen molar-refractivity contribution < 1.29 is 4.74 Å². The van der Waals surface area contributed by atoms with Gasteiger partial charge < -0.3 is 9.30 Å². The topological polar surface area (TPSA) is 27.1 Å². The second-order valence-electron chi connectivity index (χ2n) is 6.31. The SMILES string of the molecule is CCC(Cn1ccnc1)c1cc(OC)ccc1SCc1ccc(Cl)c(Cl)c1. The third-order valence-electron chi connectivity index (χ3n) is 4.52. The number of ether oxygens (including phenoxy) is 1. The maximum atomic E-state index is 6.15. The van der Waals surface area contributed by atoms with Crippen LogP contribution in [0.5, 0.6) is 5.75 Å². The number of imidazole rings is 1. The van der Waals surface area contributed by atoms with Gasteiger partial charge in [0.15, 0.2) is 0 Å². The molecular formula is C21H22Cl2N2OS. The van der Waals surface area contributed by atoms with Crippen molar-refractivity contribution in [1.82, 2.24) is 9.55 Å². The van der Waals surface area contributed by atoms with E-state index < -0.39 is 0 Å². The first kappa shape index (κ1) is 20.1. The molecule has 0 amide bonds. The van der Waals surface area contributed by atoms with Gasteiger partial charge in [-0.3, -0.25) is 0 Å². The number of thioether (sulfide) groups is 1. The number of benzene rings is 2. The minimum absolute atomic E-state index is 0.380. The molecule has 2 aromatic carbocycles. The summed E-state index contributed by atoms with van der Waals surface area (Å²) in [6.07, 6.45) is 6.72. The van der Waals surface area contributed by atoms with Crippen LogP contribution in [-0.2, 0) is 12.3 Å². The maximum Gasteiger partial charge on any atom is 0.119 e. The maximum absolute atomic E-state index is 6.15. The molecule has 0 aliphatic heterocycles. The molecule has 0 saturated heterocycles. The summed E-state index contributed by atoms with van der Waals surface area (Å²) in [5, 5.41) is 1.18. The monoisotopic (exact) mass is 420 g/mol. The molecular weight excluding hydrogens is 399 g/mol. The van der Waals surface area contributed by atoms with Gasteiger partial charge in [-0.1, -0.05) is 36.2 Å². The van der Waals surface area contributed by atoms with Gasteiger partial charge in [0.2, 0.25) is 0 Å². The molecule has 0 radical (unpaired) electrons. The summed E-state index contributed by atoms with van der Waals surface area (Å²) in [5.41, 5.74) is 2.45. The number of hydrogen-bond donors (Lipinski definition) is 0. The Balaban J connectivity index is 1.84. The van der Waals surface area contributed by atoms with Crippen molar-refractivity contribution in [3.8, 4) is 5.75 Å². The Morgan fingerprint density at radius 3 is 2.67 bits per heavy atom. The van der Waals surface area contributed by atoms with E-state index in [1.54, 1.807) is 7.11 Å². The lowest BCUT2D eigenvalue weighted by Gasteiger charge is -2.20. The minimum Gasteiger partial charge on any atom is -0.497 e. The summed E-state index contributed by atoms with van der Waals surface area (Å²) >= 11 is 14.0. The fraction of sp³-hybridized carbons (Fsp3) is 0.286. The van der Waals surface area contributed by atoms with Crippen molar-refractivity contribution in [3.05, 3.63) is 76.3 Å². The fourth-order valence-electron chi connectivity index (χ4n) is 2.99. The van der Waals surface area contributed by atoms with Gasteiger partial charge in [0.1, 0.15) is 5.75 Å². The normalized spacial score (nSPS) is 12.1. The largest absolute Gasteiger partial charge is 0.497 e. The standard InChI is InChI=1S/C21H22Cl2N2OS/c1-3-16(12-25-9-8-24-14-25)18-11-17(26-2)5-7-21(18)27-13-15-4-6-19(22)20(23)10-15/h4-11,14,16H,3,12-13H2,1-2H3. The Labute approximate surface area is 174 Å². The predicted molar refractivity (Wildman–Crippen MR) is 114 cm³/mol. The molecule has 0 aliphatic rings. The molecule has 1 atom stereocenters. The van der Waals surface area contributed by atoms with Crippen molar-refractivity contribution in [1.29, 1.82) is 0 Å². The van der Waals surface area contributed by atoms with Crippen molar-refractivity contribution in [2.45, 2.75) is 36.5 Å². The predicted octanol–water partition coefficient (Wildman–Crippen LogP) is 6.68. The molecule has 0 N–H and O–H groups in total. The molecule has 1 aromatic heterocycles. The second-order valence-corrected chi connectivity index (χ2v) is 8.14. The van der Waals surface area contributed by atoms with Crippen molar-refractivity contribution in [2.75, 3.05) is 7.11 Å². The highest BCUT2D eigenvalue weighted by Gasteiger charge is 2.16. The van der Waals surface area contributed by atoms with Gasteiger partial charge in [-0.2, -0.15) is 0 Å². The summed E-state index contributed by atoms with van der Waals surface area (Å²) < 4.78 is 7.60. The lowest BCUT2D eigenvalue weighted by molar-refractivity contribution is 0.412. The molecule has 0 saturated carbocycles. The molecule has 0 bridgehead atoms. The van der Waals surface area contributed by atoms with Crippen LogP contribution in [-0.4, -0.2) is 16.7 Å². The van der Waals surface area contributed by atoms with Crippen LogP contribution in [0.15, 0.2) is 60.0 Å². The average Bonchev–Trinajstić information content (AvgIpc) is 3.20. The van der Waals surface area contributed by atoms with E-state index in [-0.39, 0.29) is 0 Å². The molecule has 3 nitrogen and oxygen atoms in total. The van der Waals surface area contributed by atoms with E-state index in [2.05, 4.69) is 28.6 Å². The van der Waals surface area contributed by atoms with Crippen LogP contribution in [0.1, 0.15) is 30.4 Å². The average molecular weight is 421 g/mol. The molecule has 0 aliphatic carbocycles. The van der Waals surface area contributed by atoms with E-state index in [9.17, 15) is 0 Å². The first-order valence-electron chi connectivity index (χ1n) is 8.81. The minimum atomic E-state index is 0.380. The quantitative estimate of drug-likeness (QED) is 0.380. The number of rotatable bonds is 8. The third-order valence-corrected chi connectivity index (χ3v) is 6.42. The number of nitrogens with zero attached hydrogens (tertiary/aromatic N) is 2. The Kier molecular flexibility index (Phi) is 7.11. The molecule has 3 aromatic rings. The highest BCUT2D eigenvalue weighted by molar-refractivity contribution is 7.98. The number of hydrogen-bond acceptors (Lipinski definition) is 3. The zero-order chi connectivity index (χ0) is 19.2. The second kappa shape index (κ2) is 9.54. The molecule has 142 valence electrons.